The van der Waals surface area contributed by atoms with Gasteiger partial charge in [0.1, 0.15) is 5.82 Å². The Bertz CT molecular complexity index is 901. The van der Waals surface area contributed by atoms with Crippen molar-refractivity contribution in [2.24, 2.45) is 0 Å². The highest BCUT2D eigenvalue weighted by atomic mass is 35.5. The van der Waals surface area contributed by atoms with E-state index in [9.17, 15) is 17.6 Å². The smallest absolute Gasteiger partial charge is 0.252 e. The van der Waals surface area contributed by atoms with Crippen molar-refractivity contribution >= 4 is 27.5 Å². The van der Waals surface area contributed by atoms with Gasteiger partial charge >= 0.3 is 0 Å². The normalized spacial score (nSPS) is 11.6. The summed E-state index contributed by atoms with van der Waals surface area (Å²) in [5, 5.41) is 2.77. The van der Waals surface area contributed by atoms with E-state index < -0.39 is 15.9 Å². The Morgan fingerprint density at radius 3 is 2.54 bits per heavy atom. The summed E-state index contributed by atoms with van der Waals surface area (Å²) in [4.78, 5) is 12.3. The van der Waals surface area contributed by atoms with E-state index in [1.54, 1.807) is 32.0 Å². The van der Waals surface area contributed by atoms with Crippen molar-refractivity contribution in [3.8, 4) is 0 Å². The Labute approximate surface area is 157 Å². The van der Waals surface area contributed by atoms with Gasteiger partial charge in [-0.3, -0.25) is 4.79 Å². The molecule has 2 N–H and O–H groups in total. The fourth-order valence-electron chi connectivity index (χ4n) is 2.33. The van der Waals surface area contributed by atoms with Crippen LogP contribution < -0.4 is 10.0 Å². The highest BCUT2D eigenvalue weighted by Gasteiger charge is 2.19. The van der Waals surface area contributed by atoms with Crippen molar-refractivity contribution in [3.05, 3.63) is 64.4 Å². The lowest BCUT2D eigenvalue weighted by atomic mass is 10.1. The van der Waals surface area contributed by atoms with Gasteiger partial charge in [0.15, 0.2) is 0 Å². The second-order valence-corrected chi connectivity index (χ2v) is 8.14. The zero-order valence-electron chi connectivity index (χ0n) is 14.4. The summed E-state index contributed by atoms with van der Waals surface area (Å²) in [7, 11) is -3.74. The molecule has 2 rings (SSSR count). The van der Waals surface area contributed by atoms with Gasteiger partial charge in [0, 0.05) is 12.6 Å². The molecule has 2 aromatic carbocycles. The third kappa shape index (κ3) is 5.27. The maximum Gasteiger partial charge on any atom is 0.252 e. The monoisotopic (exact) mass is 398 g/mol. The third-order valence-electron chi connectivity index (χ3n) is 3.52. The number of carbonyl (C=O) groups is 1. The van der Waals surface area contributed by atoms with Crippen LogP contribution in [0, 0.1) is 5.82 Å². The predicted octanol–water partition coefficient (Wildman–Crippen LogP) is 3.14. The molecule has 0 aliphatic carbocycles. The number of amides is 1. The Morgan fingerprint density at radius 1 is 1.19 bits per heavy atom. The summed E-state index contributed by atoms with van der Waals surface area (Å²) in [6.45, 7) is 3.59. The van der Waals surface area contributed by atoms with Crippen molar-refractivity contribution < 1.29 is 17.6 Å². The van der Waals surface area contributed by atoms with Crippen LogP contribution in [0.3, 0.4) is 0 Å². The molecule has 0 saturated carbocycles. The fourth-order valence-corrected chi connectivity index (χ4v) is 3.81. The Hall–Kier alpha value is -1.96. The average Bonchev–Trinajstić information content (AvgIpc) is 2.55. The molecule has 0 bridgehead atoms. The summed E-state index contributed by atoms with van der Waals surface area (Å²) in [6.07, 6.45) is 0.308. The van der Waals surface area contributed by atoms with E-state index in [2.05, 4.69) is 10.0 Å². The van der Waals surface area contributed by atoms with Crippen LogP contribution in [0.5, 0.6) is 0 Å². The second-order valence-electron chi connectivity index (χ2n) is 6.01. The first kappa shape index (κ1) is 20.4. The molecule has 0 radical (unpaired) electrons. The molecule has 0 heterocycles. The van der Waals surface area contributed by atoms with Gasteiger partial charge in [0.2, 0.25) is 10.0 Å². The van der Waals surface area contributed by atoms with Gasteiger partial charge in [0.25, 0.3) is 5.91 Å². The molecule has 0 fully saturated rings. The minimum atomic E-state index is -3.74. The van der Waals surface area contributed by atoms with Gasteiger partial charge in [-0.25, -0.2) is 17.5 Å². The SMILES string of the molecule is CC(C)NS(=O)(=O)c1ccc(Cl)c(C(=O)NCCc2ccccc2F)c1. The van der Waals surface area contributed by atoms with E-state index in [1.165, 1.54) is 24.3 Å². The van der Waals surface area contributed by atoms with Gasteiger partial charge < -0.3 is 5.32 Å². The van der Waals surface area contributed by atoms with E-state index in [1.807, 2.05) is 0 Å². The van der Waals surface area contributed by atoms with Crippen molar-refractivity contribution in [1.29, 1.82) is 0 Å². The predicted molar refractivity (Wildman–Crippen MR) is 99.3 cm³/mol. The molecule has 8 heteroatoms. The van der Waals surface area contributed by atoms with Crippen LogP contribution in [0.15, 0.2) is 47.4 Å². The molecule has 1 amide bonds. The van der Waals surface area contributed by atoms with E-state index in [-0.39, 0.29) is 33.9 Å². The van der Waals surface area contributed by atoms with Crippen molar-refractivity contribution in [2.45, 2.75) is 31.2 Å². The molecule has 0 unspecified atom stereocenters. The number of halogens is 2. The van der Waals surface area contributed by atoms with E-state index in [0.29, 0.717) is 12.0 Å². The number of carbonyl (C=O) groups excluding carboxylic acids is 1. The zero-order chi connectivity index (χ0) is 19.3. The minimum absolute atomic E-state index is 0.0464. The van der Waals surface area contributed by atoms with Crippen molar-refractivity contribution in [1.82, 2.24) is 10.0 Å². The molecule has 0 saturated heterocycles. The van der Waals surface area contributed by atoms with Gasteiger partial charge in [-0.05, 0) is 50.1 Å². The van der Waals surface area contributed by atoms with Gasteiger partial charge in [-0.15, -0.1) is 0 Å². The zero-order valence-corrected chi connectivity index (χ0v) is 16.0. The first-order chi connectivity index (χ1) is 12.2. The lowest BCUT2D eigenvalue weighted by Gasteiger charge is -2.12. The Morgan fingerprint density at radius 2 is 1.88 bits per heavy atom. The second kappa shape index (κ2) is 8.62. The summed E-state index contributed by atoms with van der Waals surface area (Å²) < 4.78 is 40.5. The Balaban J connectivity index is 2.11. The molecule has 140 valence electrons. The molecule has 0 spiro atoms. The topological polar surface area (TPSA) is 75.3 Å². The van der Waals surface area contributed by atoms with Crippen LogP contribution in [0.25, 0.3) is 0 Å². The summed E-state index contributed by atoms with van der Waals surface area (Å²) in [5.74, 6) is -0.861. The van der Waals surface area contributed by atoms with E-state index in [0.717, 1.165) is 0 Å². The molecule has 0 aromatic heterocycles. The largest absolute Gasteiger partial charge is 0.352 e. The number of hydrogen-bond acceptors (Lipinski definition) is 3. The van der Waals surface area contributed by atoms with E-state index in [4.69, 9.17) is 11.6 Å². The van der Waals surface area contributed by atoms with Crippen molar-refractivity contribution in [3.63, 3.8) is 0 Å². The highest BCUT2D eigenvalue weighted by molar-refractivity contribution is 7.89. The van der Waals surface area contributed by atoms with Crippen molar-refractivity contribution in [2.75, 3.05) is 6.54 Å². The molecule has 5 nitrogen and oxygen atoms in total. The molecular formula is C18H20ClFN2O3S. The maximum absolute atomic E-state index is 13.6. The molecule has 2 aromatic rings. The quantitative estimate of drug-likeness (QED) is 0.752. The number of sulfonamides is 1. The number of rotatable bonds is 7. The lowest BCUT2D eigenvalue weighted by molar-refractivity contribution is 0.0954. The Kier molecular flexibility index (Phi) is 6.75. The lowest BCUT2D eigenvalue weighted by Crippen LogP contribution is -2.31. The first-order valence-corrected chi connectivity index (χ1v) is 9.90. The molecule has 0 aliphatic rings. The maximum atomic E-state index is 13.6. The number of benzene rings is 2. The van der Waals surface area contributed by atoms with Crippen LogP contribution in [0.2, 0.25) is 5.02 Å². The van der Waals surface area contributed by atoms with Crippen LogP contribution in [0.1, 0.15) is 29.8 Å². The first-order valence-electron chi connectivity index (χ1n) is 8.04. The average molecular weight is 399 g/mol. The molecular weight excluding hydrogens is 379 g/mol. The molecule has 0 aliphatic heterocycles. The summed E-state index contributed by atoms with van der Waals surface area (Å²) in [6, 6.07) is 9.94. The standard InChI is InChI=1S/C18H20ClFN2O3S/c1-12(2)22-26(24,25)14-7-8-16(19)15(11-14)18(23)21-10-9-13-5-3-4-6-17(13)20/h3-8,11-12,22H,9-10H2,1-2H3,(H,21,23). The van der Waals surface area contributed by atoms with E-state index >= 15 is 0 Å². The minimum Gasteiger partial charge on any atom is -0.352 e. The molecule has 26 heavy (non-hydrogen) atoms. The van der Waals surface area contributed by atoms with Gasteiger partial charge in [0.05, 0.1) is 15.5 Å². The summed E-state index contributed by atoms with van der Waals surface area (Å²) in [5.41, 5.74) is 0.531. The fraction of sp³-hybridized carbons (Fsp3) is 0.278. The summed E-state index contributed by atoms with van der Waals surface area (Å²) >= 11 is 6.03. The molecule has 0 atom stereocenters. The van der Waals surface area contributed by atoms with Crippen LogP contribution in [-0.4, -0.2) is 26.9 Å². The van der Waals surface area contributed by atoms with Gasteiger partial charge in [-0.2, -0.15) is 0 Å². The number of nitrogens with one attached hydrogen (secondary N) is 2. The van der Waals surface area contributed by atoms with Crippen LogP contribution >= 0.6 is 11.6 Å². The number of hydrogen-bond donors (Lipinski definition) is 2. The van der Waals surface area contributed by atoms with Gasteiger partial charge in [-0.1, -0.05) is 29.8 Å². The third-order valence-corrected chi connectivity index (χ3v) is 5.51. The van der Waals surface area contributed by atoms with Crippen LogP contribution in [0.4, 0.5) is 4.39 Å². The highest BCUT2D eigenvalue weighted by Crippen LogP contribution is 2.21. The van der Waals surface area contributed by atoms with Crippen LogP contribution in [-0.2, 0) is 16.4 Å².